The van der Waals surface area contributed by atoms with Crippen LogP contribution in [0.25, 0.3) is 11.5 Å². The van der Waals surface area contributed by atoms with E-state index in [0.29, 0.717) is 24.0 Å². The molecule has 7 heteroatoms. The van der Waals surface area contributed by atoms with Gasteiger partial charge in [-0.15, -0.1) is 10.2 Å². The lowest BCUT2D eigenvalue weighted by Crippen LogP contribution is -2.34. The predicted octanol–water partition coefficient (Wildman–Crippen LogP) is 1.77. The van der Waals surface area contributed by atoms with Crippen molar-refractivity contribution in [2.24, 2.45) is 5.92 Å². The largest absolute Gasteiger partial charge is 0.355 e. The summed E-state index contributed by atoms with van der Waals surface area (Å²) < 4.78 is 2.00. The van der Waals surface area contributed by atoms with Crippen LogP contribution in [-0.4, -0.2) is 37.2 Å². The summed E-state index contributed by atoms with van der Waals surface area (Å²) >= 11 is 0. The third kappa shape index (κ3) is 3.38. The first-order chi connectivity index (χ1) is 11.2. The topological polar surface area (TPSA) is 85.6 Å². The summed E-state index contributed by atoms with van der Waals surface area (Å²) in [5.41, 5.74) is 0.687. The van der Waals surface area contributed by atoms with Gasteiger partial charge in [-0.1, -0.05) is 13.8 Å². The summed E-state index contributed by atoms with van der Waals surface area (Å²) in [6, 6.07) is 0. The second-order valence-electron chi connectivity index (χ2n) is 6.29. The molecule has 0 spiro atoms. The van der Waals surface area contributed by atoms with Crippen LogP contribution in [-0.2, 0) is 11.3 Å². The molecule has 0 aliphatic carbocycles. The highest BCUT2D eigenvalue weighted by molar-refractivity contribution is 5.83. The third-order valence-corrected chi connectivity index (χ3v) is 4.10. The molecular formula is C16H22N6O. The van der Waals surface area contributed by atoms with Crippen molar-refractivity contribution in [3.63, 3.8) is 0 Å². The molecule has 2 aromatic heterocycles. The Hall–Kier alpha value is -2.31. The van der Waals surface area contributed by atoms with Crippen molar-refractivity contribution in [3.05, 3.63) is 24.4 Å². The molecule has 122 valence electrons. The van der Waals surface area contributed by atoms with E-state index >= 15 is 0 Å². The van der Waals surface area contributed by atoms with Gasteiger partial charge >= 0.3 is 0 Å². The zero-order valence-electron chi connectivity index (χ0n) is 13.6. The molecule has 1 atom stereocenters. The average molecular weight is 314 g/mol. The van der Waals surface area contributed by atoms with Gasteiger partial charge in [-0.25, -0.2) is 4.98 Å². The SMILES string of the molecule is CC(C)CCNC(=O)C1CCCn2c(-c3cnccn3)nnc21. The number of amides is 1. The lowest BCUT2D eigenvalue weighted by atomic mass is 9.97. The van der Waals surface area contributed by atoms with Crippen molar-refractivity contribution in [1.29, 1.82) is 0 Å². The monoisotopic (exact) mass is 314 g/mol. The fourth-order valence-corrected chi connectivity index (χ4v) is 2.84. The number of rotatable bonds is 5. The Labute approximate surface area is 135 Å². The van der Waals surface area contributed by atoms with E-state index < -0.39 is 0 Å². The third-order valence-electron chi connectivity index (χ3n) is 4.10. The number of nitrogens with one attached hydrogen (secondary N) is 1. The fourth-order valence-electron chi connectivity index (χ4n) is 2.84. The average Bonchev–Trinajstić information content (AvgIpc) is 2.99. The number of aromatic nitrogens is 5. The molecule has 7 nitrogen and oxygen atoms in total. The molecule has 23 heavy (non-hydrogen) atoms. The van der Waals surface area contributed by atoms with Crippen LogP contribution in [0, 0.1) is 5.92 Å². The molecular weight excluding hydrogens is 292 g/mol. The molecule has 0 saturated heterocycles. The molecule has 1 N–H and O–H groups in total. The maximum Gasteiger partial charge on any atom is 0.230 e. The van der Waals surface area contributed by atoms with Gasteiger partial charge in [0.1, 0.15) is 11.5 Å². The van der Waals surface area contributed by atoms with E-state index in [1.54, 1.807) is 18.6 Å². The lowest BCUT2D eigenvalue weighted by Gasteiger charge is -2.23. The van der Waals surface area contributed by atoms with E-state index in [4.69, 9.17) is 0 Å². The molecule has 0 aromatic carbocycles. The minimum atomic E-state index is -0.228. The maximum atomic E-state index is 12.5. The van der Waals surface area contributed by atoms with Crippen LogP contribution in [0.1, 0.15) is 44.9 Å². The van der Waals surface area contributed by atoms with Gasteiger partial charge in [0.2, 0.25) is 5.91 Å². The van der Waals surface area contributed by atoms with E-state index in [1.165, 1.54) is 0 Å². The van der Waals surface area contributed by atoms with Crippen LogP contribution in [0.3, 0.4) is 0 Å². The molecule has 1 aliphatic rings. The summed E-state index contributed by atoms with van der Waals surface area (Å²) in [7, 11) is 0. The highest BCUT2D eigenvalue weighted by Crippen LogP contribution is 2.29. The Morgan fingerprint density at radius 3 is 3.00 bits per heavy atom. The quantitative estimate of drug-likeness (QED) is 0.909. The number of carbonyl (C=O) groups is 1. The van der Waals surface area contributed by atoms with Crippen LogP contribution in [0.4, 0.5) is 0 Å². The normalized spacial score (nSPS) is 17.1. The molecule has 3 rings (SSSR count). The highest BCUT2D eigenvalue weighted by Gasteiger charge is 2.31. The lowest BCUT2D eigenvalue weighted by molar-refractivity contribution is -0.123. The van der Waals surface area contributed by atoms with Crippen LogP contribution < -0.4 is 5.32 Å². The first-order valence-electron chi connectivity index (χ1n) is 8.14. The van der Waals surface area contributed by atoms with Crippen molar-refractivity contribution >= 4 is 5.91 Å². The van der Waals surface area contributed by atoms with Crippen molar-refractivity contribution in [1.82, 2.24) is 30.0 Å². The van der Waals surface area contributed by atoms with E-state index in [-0.39, 0.29) is 11.8 Å². The van der Waals surface area contributed by atoms with E-state index in [9.17, 15) is 4.79 Å². The van der Waals surface area contributed by atoms with Gasteiger partial charge in [-0.05, 0) is 25.2 Å². The summed E-state index contributed by atoms with van der Waals surface area (Å²) in [6.45, 7) is 5.81. The van der Waals surface area contributed by atoms with Crippen molar-refractivity contribution < 1.29 is 4.79 Å². The molecule has 0 fully saturated rings. The minimum absolute atomic E-state index is 0.0460. The van der Waals surface area contributed by atoms with Crippen molar-refractivity contribution in [2.45, 2.75) is 45.6 Å². The Balaban J connectivity index is 1.78. The molecule has 1 amide bonds. The number of carbonyl (C=O) groups excluding carboxylic acids is 1. The first-order valence-corrected chi connectivity index (χ1v) is 8.14. The molecule has 3 heterocycles. The van der Waals surface area contributed by atoms with Gasteiger partial charge in [-0.2, -0.15) is 0 Å². The smallest absolute Gasteiger partial charge is 0.230 e. The van der Waals surface area contributed by atoms with Gasteiger partial charge < -0.3 is 9.88 Å². The van der Waals surface area contributed by atoms with Gasteiger partial charge in [0.25, 0.3) is 0 Å². The number of nitrogens with zero attached hydrogens (tertiary/aromatic N) is 5. The zero-order chi connectivity index (χ0) is 16.2. The maximum absolute atomic E-state index is 12.5. The zero-order valence-corrected chi connectivity index (χ0v) is 13.6. The Kier molecular flexibility index (Phi) is 4.64. The van der Waals surface area contributed by atoms with E-state index in [2.05, 4.69) is 39.3 Å². The first kappa shape index (κ1) is 15.6. The van der Waals surface area contributed by atoms with Crippen LogP contribution in [0.2, 0.25) is 0 Å². The molecule has 0 bridgehead atoms. The number of hydrogen-bond acceptors (Lipinski definition) is 5. The predicted molar refractivity (Wildman–Crippen MR) is 85.5 cm³/mol. The van der Waals surface area contributed by atoms with Crippen LogP contribution in [0.15, 0.2) is 18.6 Å². The molecule has 1 unspecified atom stereocenters. The summed E-state index contributed by atoms with van der Waals surface area (Å²) in [5.74, 6) is 1.82. The van der Waals surface area contributed by atoms with Crippen LogP contribution in [0.5, 0.6) is 0 Å². The second kappa shape index (κ2) is 6.85. The fraction of sp³-hybridized carbons (Fsp3) is 0.562. The van der Waals surface area contributed by atoms with Gasteiger partial charge in [0.15, 0.2) is 5.82 Å². The van der Waals surface area contributed by atoms with Crippen LogP contribution >= 0.6 is 0 Å². The number of fused-ring (bicyclic) bond motifs is 1. The van der Waals surface area contributed by atoms with E-state index in [1.807, 2.05) is 4.57 Å². The standard InChI is InChI=1S/C16H22N6O/c1-11(2)5-6-19-16(23)12-4-3-9-22-14(12)20-21-15(22)13-10-17-7-8-18-13/h7-8,10-12H,3-6,9H2,1-2H3,(H,19,23). The summed E-state index contributed by atoms with van der Waals surface area (Å²) in [5, 5.41) is 11.5. The van der Waals surface area contributed by atoms with Gasteiger partial charge in [0.05, 0.1) is 12.1 Å². The molecule has 0 radical (unpaired) electrons. The highest BCUT2D eigenvalue weighted by atomic mass is 16.1. The summed E-state index contributed by atoms with van der Waals surface area (Å²) in [4.78, 5) is 20.8. The Morgan fingerprint density at radius 2 is 2.26 bits per heavy atom. The minimum Gasteiger partial charge on any atom is -0.355 e. The second-order valence-corrected chi connectivity index (χ2v) is 6.29. The molecule has 2 aromatic rings. The van der Waals surface area contributed by atoms with Crippen molar-refractivity contribution in [2.75, 3.05) is 6.54 Å². The van der Waals surface area contributed by atoms with Gasteiger partial charge in [-0.3, -0.25) is 9.78 Å². The molecule has 0 saturated carbocycles. The van der Waals surface area contributed by atoms with E-state index in [0.717, 1.165) is 31.6 Å². The summed E-state index contributed by atoms with van der Waals surface area (Å²) in [6.07, 6.45) is 7.66. The Bertz CT molecular complexity index is 666. The number of hydrogen-bond donors (Lipinski definition) is 1. The Morgan fingerprint density at radius 1 is 1.39 bits per heavy atom. The van der Waals surface area contributed by atoms with Gasteiger partial charge in [0, 0.05) is 25.5 Å². The van der Waals surface area contributed by atoms with Crippen molar-refractivity contribution in [3.8, 4) is 11.5 Å². The molecule has 1 aliphatic heterocycles.